The third kappa shape index (κ3) is 5.87. The molecule has 3 aromatic heterocycles. The molecule has 2 N–H and O–H groups in total. The highest BCUT2D eigenvalue weighted by atomic mass is 16.5. The highest BCUT2D eigenvalue weighted by Crippen LogP contribution is 2.39. The largest absolute Gasteiger partial charge is 0.497 e. The van der Waals surface area contributed by atoms with Crippen LogP contribution in [0.15, 0.2) is 205 Å². The van der Waals surface area contributed by atoms with Crippen molar-refractivity contribution >= 4 is 22.4 Å². The summed E-state index contributed by atoms with van der Waals surface area (Å²) in [6.07, 6.45) is 4.30. The zero-order valence-corrected chi connectivity index (χ0v) is 30.9. The van der Waals surface area contributed by atoms with E-state index in [-0.39, 0.29) is 5.92 Å². The van der Waals surface area contributed by atoms with E-state index in [9.17, 15) is 0 Å². The summed E-state index contributed by atoms with van der Waals surface area (Å²) in [5.74, 6) is 0.674. The molecule has 10 rings (SSSR count). The predicted octanol–water partition coefficient (Wildman–Crippen LogP) is 9.55. The number of fused-ring (bicyclic) bond motifs is 7. The Morgan fingerprint density at radius 3 is 1.75 bits per heavy atom. The minimum atomic E-state index is -0.136. The van der Waals surface area contributed by atoms with Gasteiger partial charge in [-0.15, -0.1) is 0 Å². The number of aromatic amines is 2. The van der Waals surface area contributed by atoms with Gasteiger partial charge in [0.15, 0.2) is 0 Å². The van der Waals surface area contributed by atoms with E-state index in [2.05, 4.69) is 197 Å². The maximum atomic E-state index is 5.64. The van der Waals surface area contributed by atoms with Crippen molar-refractivity contribution in [3.8, 4) is 11.4 Å². The number of methoxy groups -OCH3 is 1. The van der Waals surface area contributed by atoms with Crippen molar-refractivity contribution < 1.29 is 4.74 Å². The van der Waals surface area contributed by atoms with Crippen LogP contribution in [0, 0.1) is 0 Å². The molecule has 0 radical (unpaired) electrons. The zero-order valence-electron chi connectivity index (χ0n) is 30.9. The fourth-order valence-corrected chi connectivity index (χ4v) is 8.24. The van der Waals surface area contributed by atoms with Crippen LogP contribution < -0.4 is 15.4 Å². The molecule has 5 nitrogen and oxygen atoms in total. The lowest BCUT2D eigenvalue weighted by molar-refractivity contribution is 0.414. The molecule has 0 saturated carbocycles. The standard InChI is InChI=1S/C51H38N4O/c1-56-39-24-22-38(23-25-39)55-46-32-33-47(55)51(37-20-12-5-13-21-37)45-31-29-43(54-45)49(35-16-8-3-9-17-35)41-27-26-40(52-41)48(34-14-6-2-7-15-34)42-28-30-44(53-42)50(46)36-18-10-4-11-19-36/h2-33,50,53-54H,1H3/b48-40-,49-43-,51-45-/t50-/m1/s1. The minimum Gasteiger partial charge on any atom is -0.497 e. The Balaban J connectivity index is 1.37. The van der Waals surface area contributed by atoms with Gasteiger partial charge in [-0.25, -0.2) is 4.99 Å². The highest BCUT2D eigenvalue weighted by Gasteiger charge is 2.28. The first kappa shape index (κ1) is 33.2. The molecular weight excluding hydrogens is 685 g/mol. The highest BCUT2D eigenvalue weighted by molar-refractivity contribution is 6.30. The number of H-pyrrole nitrogens is 2. The van der Waals surface area contributed by atoms with Crippen molar-refractivity contribution in [3.05, 3.63) is 256 Å². The number of hydrogen-bond acceptors (Lipinski definition) is 2. The summed E-state index contributed by atoms with van der Waals surface area (Å²) in [6, 6.07) is 64.4. The van der Waals surface area contributed by atoms with Gasteiger partial charge in [-0.1, -0.05) is 121 Å². The van der Waals surface area contributed by atoms with Gasteiger partial charge in [0.05, 0.1) is 30.1 Å². The molecule has 0 amide bonds. The van der Waals surface area contributed by atoms with Gasteiger partial charge in [0, 0.05) is 50.2 Å². The summed E-state index contributed by atoms with van der Waals surface area (Å²) < 4.78 is 8.05. The maximum Gasteiger partial charge on any atom is 0.119 e. The second kappa shape index (κ2) is 14.1. The van der Waals surface area contributed by atoms with E-state index in [0.29, 0.717) is 0 Å². The molecule has 1 atom stereocenters. The molecule has 0 spiro atoms. The van der Waals surface area contributed by atoms with Gasteiger partial charge in [-0.3, -0.25) is 0 Å². The second-order valence-electron chi connectivity index (χ2n) is 14.1. The average Bonchev–Trinajstić information content (AvgIpc) is 4.10. The van der Waals surface area contributed by atoms with Crippen LogP contribution in [0.4, 0.5) is 0 Å². The van der Waals surface area contributed by atoms with E-state index >= 15 is 0 Å². The average molecular weight is 723 g/mol. The van der Waals surface area contributed by atoms with E-state index < -0.39 is 0 Å². The van der Waals surface area contributed by atoms with Gasteiger partial charge >= 0.3 is 0 Å². The third-order valence-corrected chi connectivity index (χ3v) is 10.8. The molecule has 56 heavy (non-hydrogen) atoms. The quantitative estimate of drug-likeness (QED) is 0.177. The summed E-state index contributed by atoms with van der Waals surface area (Å²) in [6.45, 7) is 0. The van der Waals surface area contributed by atoms with Gasteiger partial charge in [-0.05, 0) is 95.1 Å². The number of ether oxygens (including phenoxy) is 1. The first-order valence-corrected chi connectivity index (χ1v) is 19.0. The van der Waals surface area contributed by atoms with Crippen molar-refractivity contribution in [2.45, 2.75) is 5.92 Å². The van der Waals surface area contributed by atoms with Gasteiger partial charge in [-0.2, -0.15) is 0 Å². The van der Waals surface area contributed by atoms with E-state index in [1.807, 2.05) is 12.1 Å². The van der Waals surface area contributed by atoms with E-state index in [0.717, 1.165) is 89.7 Å². The Kier molecular flexibility index (Phi) is 8.38. The summed E-state index contributed by atoms with van der Waals surface area (Å²) in [7, 11) is 1.71. The molecule has 5 heteroatoms. The van der Waals surface area contributed by atoms with Crippen LogP contribution in [0.1, 0.15) is 50.9 Å². The van der Waals surface area contributed by atoms with Crippen LogP contribution in [0.25, 0.3) is 22.4 Å². The Morgan fingerprint density at radius 1 is 0.518 bits per heavy atom. The third-order valence-electron chi connectivity index (χ3n) is 10.8. The first-order valence-electron chi connectivity index (χ1n) is 19.0. The normalized spacial score (nSPS) is 18.2. The van der Waals surface area contributed by atoms with Crippen molar-refractivity contribution in [1.82, 2.24) is 14.5 Å². The van der Waals surface area contributed by atoms with Crippen LogP contribution in [-0.4, -0.2) is 27.4 Å². The molecule has 0 unspecified atom stereocenters. The molecular formula is C51H38N4O. The molecule has 8 aromatic rings. The Labute approximate surface area is 325 Å². The van der Waals surface area contributed by atoms with E-state index in [4.69, 9.17) is 9.73 Å². The maximum absolute atomic E-state index is 5.64. The van der Waals surface area contributed by atoms with Crippen molar-refractivity contribution in [2.24, 2.45) is 4.99 Å². The Hall–Kier alpha value is -7.37. The lowest BCUT2D eigenvalue weighted by Crippen LogP contribution is -2.20. The molecule has 5 heterocycles. The lowest BCUT2D eigenvalue weighted by Gasteiger charge is -2.23. The van der Waals surface area contributed by atoms with Gasteiger partial charge < -0.3 is 19.3 Å². The zero-order chi connectivity index (χ0) is 37.4. The summed E-state index contributed by atoms with van der Waals surface area (Å²) >= 11 is 0. The molecule has 0 saturated heterocycles. The minimum absolute atomic E-state index is 0.136. The van der Waals surface area contributed by atoms with E-state index in [1.54, 1.807) is 7.11 Å². The monoisotopic (exact) mass is 722 g/mol. The second-order valence-corrected chi connectivity index (χ2v) is 14.1. The van der Waals surface area contributed by atoms with Gasteiger partial charge in [0.2, 0.25) is 0 Å². The number of benzene rings is 5. The fourth-order valence-electron chi connectivity index (χ4n) is 8.24. The molecule has 5 aromatic carbocycles. The number of rotatable bonds is 6. The Bertz CT molecular complexity index is 2910. The van der Waals surface area contributed by atoms with Crippen LogP contribution in [-0.2, 0) is 0 Å². The molecule has 0 fully saturated rings. The lowest BCUT2D eigenvalue weighted by atomic mass is 9.92. The number of allylic oxidation sites excluding steroid dienone is 2. The fraction of sp³-hybridized carbons (Fsp3) is 0.0392. The van der Waals surface area contributed by atoms with Crippen molar-refractivity contribution in [2.75, 3.05) is 7.11 Å². The smallest absolute Gasteiger partial charge is 0.119 e. The number of aromatic nitrogens is 3. The van der Waals surface area contributed by atoms with Gasteiger partial charge in [0.1, 0.15) is 5.75 Å². The summed E-state index contributed by atoms with van der Waals surface area (Å²) in [4.78, 5) is 13.3. The number of hydrogen-bond donors (Lipinski definition) is 2. The molecule has 268 valence electrons. The summed E-state index contributed by atoms with van der Waals surface area (Å²) in [5, 5.41) is 2.00. The number of nitrogens with one attached hydrogen (secondary N) is 2. The van der Waals surface area contributed by atoms with Crippen LogP contribution in [0.2, 0.25) is 0 Å². The number of aliphatic imine (C=N–C) groups is 1. The van der Waals surface area contributed by atoms with Crippen LogP contribution in [0.3, 0.4) is 0 Å². The first-order chi connectivity index (χ1) is 27.7. The van der Waals surface area contributed by atoms with Crippen molar-refractivity contribution in [3.63, 3.8) is 0 Å². The van der Waals surface area contributed by atoms with Gasteiger partial charge in [0.25, 0.3) is 0 Å². The van der Waals surface area contributed by atoms with E-state index in [1.165, 1.54) is 5.56 Å². The molecule has 8 bridgehead atoms. The van der Waals surface area contributed by atoms with Crippen LogP contribution >= 0.6 is 0 Å². The Morgan fingerprint density at radius 2 is 1.11 bits per heavy atom. The van der Waals surface area contributed by atoms with Crippen molar-refractivity contribution in [1.29, 1.82) is 0 Å². The molecule has 2 aliphatic heterocycles. The SMILES string of the molecule is COc1ccc(-n2c3ccc2[C@H](c2ccccc2)c2ccc([nH]2)/C(c2ccccc2)=C2/C=CC(=N2)/C(c2ccccc2)=c2/cc/c([nH]2)=C/3c2ccccc2)cc1. The molecule has 2 aliphatic rings. The predicted molar refractivity (Wildman–Crippen MR) is 227 cm³/mol. The number of nitrogens with zero attached hydrogens (tertiary/aromatic N) is 2. The topological polar surface area (TPSA) is 58.1 Å². The molecule has 0 aliphatic carbocycles. The van der Waals surface area contributed by atoms with Crippen LogP contribution in [0.5, 0.6) is 5.75 Å². The summed E-state index contributed by atoms with van der Waals surface area (Å²) in [5.41, 5.74) is 14.8.